The van der Waals surface area contributed by atoms with E-state index >= 15 is 0 Å². The Morgan fingerprint density at radius 1 is 0.850 bits per heavy atom. The van der Waals surface area contributed by atoms with E-state index in [4.69, 9.17) is 33.2 Å². The molecule has 1 saturated heterocycles. The molecule has 6 rings (SSSR count). The van der Waals surface area contributed by atoms with Crippen LogP contribution in [-0.4, -0.2) is 26.7 Å². The Balaban J connectivity index is 1.63. The molecule has 1 aliphatic carbocycles. The van der Waals surface area contributed by atoms with Gasteiger partial charge in [-0.3, -0.25) is 4.99 Å². The highest BCUT2D eigenvalue weighted by atomic mass is 35.5. The number of nitrogens with one attached hydrogen (secondary N) is 2. The molecule has 1 fully saturated rings. The molecule has 0 bridgehead atoms. The summed E-state index contributed by atoms with van der Waals surface area (Å²) in [6.07, 6.45) is 1.88. The van der Waals surface area contributed by atoms with Crippen molar-refractivity contribution in [1.82, 2.24) is 14.9 Å². The molecule has 2 aliphatic heterocycles. The average molecular weight is 571 g/mol. The lowest BCUT2D eigenvalue weighted by Crippen LogP contribution is -2.59. The van der Waals surface area contributed by atoms with Crippen molar-refractivity contribution in [3.63, 3.8) is 0 Å². The number of piperidine rings is 1. The summed E-state index contributed by atoms with van der Waals surface area (Å²) in [6.45, 7) is 9.02. The van der Waals surface area contributed by atoms with Crippen LogP contribution < -0.4 is 16.0 Å². The van der Waals surface area contributed by atoms with Crippen LogP contribution in [0.3, 0.4) is 0 Å². The van der Waals surface area contributed by atoms with Crippen molar-refractivity contribution in [3.05, 3.63) is 100 Å². The molecule has 0 radical (unpaired) electrons. The van der Waals surface area contributed by atoms with E-state index < -0.39 is 0 Å². The van der Waals surface area contributed by atoms with Gasteiger partial charge in [0.2, 0.25) is 0 Å². The number of hydrogen-bond acceptors (Lipinski definition) is 4. The Morgan fingerprint density at radius 2 is 1.55 bits per heavy atom. The average Bonchev–Trinajstić information content (AvgIpc) is 2.86. The van der Waals surface area contributed by atoms with Gasteiger partial charge in [0.1, 0.15) is 0 Å². The van der Waals surface area contributed by atoms with Gasteiger partial charge in [0, 0.05) is 32.5 Å². The van der Waals surface area contributed by atoms with Crippen LogP contribution in [0.1, 0.15) is 40.5 Å². The van der Waals surface area contributed by atoms with Crippen molar-refractivity contribution < 1.29 is 0 Å². The van der Waals surface area contributed by atoms with Gasteiger partial charge in [0.25, 0.3) is 0 Å². The van der Waals surface area contributed by atoms with Crippen LogP contribution in [-0.2, 0) is 0 Å². The number of benzene rings is 4. The summed E-state index contributed by atoms with van der Waals surface area (Å²) in [5.41, 5.74) is 6.44. The van der Waals surface area contributed by atoms with Crippen LogP contribution in [0.15, 0.2) is 89.9 Å². The summed E-state index contributed by atoms with van der Waals surface area (Å²) < 4.78 is 2.22. The van der Waals surface area contributed by atoms with E-state index in [1.165, 1.54) is 0 Å². The molecule has 0 saturated carbocycles. The first-order chi connectivity index (χ1) is 19.1. The normalized spacial score (nSPS) is 17.4. The summed E-state index contributed by atoms with van der Waals surface area (Å²) >= 11 is 12.8. The fourth-order valence-electron chi connectivity index (χ4n) is 6.22. The second kappa shape index (κ2) is 10.2. The monoisotopic (exact) mass is 569 g/mol. The van der Waals surface area contributed by atoms with Gasteiger partial charge < -0.3 is 15.2 Å². The van der Waals surface area contributed by atoms with Gasteiger partial charge in [-0.05, 0) is 101 Å². The molecule has 0 aromatic heterocycles. The second-order valence-electron chi connectivity index (χ2n) is 12.0. The lowest BCUT2D eigenvalue weighted by Gasteiger charge is -2.45. The zero-order valence-corrected chi connectivity index (χ0v) is 24.7. The van der Waals surface area contributed by atoms with E-state index in [1.54, 1.807) is 0 Å². The number of rotatable bonds is 4. The molecule has 204 valence electrons. The van der Waals surface area contributed by atoms with Gasteiger partial charge in [0.05, 0.1) is 39.5 Å². The molecule has 0 unspecified atom stereocenters. The predicted octanol–water partition coefficient (Wildman–Crippen LogP) is 8.39. The number of fused-ring (bicyclic) bond motifs is 2. The number of aromatic nitrogens is 2. The van der Waals surface area contributed by atoms with Crippen molar-refractivity contribution in [3.8, 4) is 17.1 Å². The third-order valence-corrected chi connectivity index (χ3v) is 7.83. The Morgan fingerprint density at radius 3 is 2.27 bits per heavy atom. The van der Waals surface area contributed by atoms with Gasteiger partial charge in [-0.15, -0.1) is 0 Å². The summed E-state index contributed by atoms with van der Waals surface area (Å²) in [6, 6.07) is 28.3. The van der Waals surface area contributed by atoms with Gasteiger partial charge in [-0.25, -0.2) is 4.98 Å². The fourth-order valence-corrected chi connectivity index (χ4v) is 6.60. The molecule has 0 amide bonds. The third-order valence-electron chi connectivity index (χ3n) is 7.36. The molecule has 40 heavy (non-hydrogen) atoms. The minimum atomic E-state index is -0.0221. The van der Waals surface area contributed by atoms with Crippen molar-refractivity contribution in [2.45, 2.75) is 57.7 Å². The molecule has 0 atom stereocenters. The van der Waals surface area contributed by atoms with Gasteiger partial charge >= 0.3 is 0 Å². The first-order valence-corrected chi connectivity index (χ1v) is 14.4. The lowest BCUT2D eigenvalue weighted by atomic mass is 9.80. The van der Waals surface area contributed by atoms with E-state index in [-0.39, 0.29) is 17.1 Å². The van der Waals surface area contributed by atoms with Crippen molar-refractivity contribution in [2.75, 3.05) is 5.32 Å². The summed E-state index contributed by atoms with van der Waals surface area (Å²) in [5, 5.41) is 9.61. The van der Waals surface area contributed by atoms with Crippen LogP contribution in [0.5, 0.6) is 0 Å². The van der Waals surface area contributed by atoms with Crippen LogP contribution >= 0.6 is 23.2 Å². The third kappa shape index (κ3) is 5.60. The standard InChI is InChI=1S/C33H33Cl2N5/c1-32(2)19-24(20-33(3,4)39-32)37-28-18-31-29(17-27(28)36-23-11-7-9-21(34)15-23)38-26-13-5-6-14-30(26)40(31)25-12-8-10-22(35)16-25/h5-18,24,36,39H,19-20H2,1-4H3. The zero-order chi connectivity index (χ0) is 28.1. The number of halogens is 2. The second-order valence-corrected chi connectivity index (χ2v) is 12.9. The fraction of sp³-hybridized carbons (Fsp3) is 0.273. The number of nitrogens with zero attached hydrogens (tertiary/aromatic N) is 3. The highest BCUT2D eigenvalue weighted by Crippen LogP contribution is 2.33. The maximum Gasteiger partial charge on any atom is 0.0900 e. The van der Waals surface area contributed by atoms with Gasteiger partial charge in [-0.1, -0.05) is 47.5 Å². The van der Waals surface area contributed by atoms with Crippen LogP contribution in [0, 0.1) is 0 Å². The van der Waals surface area contributed by atoms with E-state index in [1.807, 2.05) is 60.7 Å². The van der Waals surface area contributed by atoms with Crippen LogP contribution in [0.25, 0.3) is 28.1 Å². The smallest absolute Gasteiger partial charge is 0.0900 e. The highest BCUT2D eigenvalue weighted by molar-refractivity contribution is 6.31. The first-order valence-electron chi connectivity index (χ1n) is 13.6. The van der Waals surface area contributed by atoms with E-state index in [9.17, 15) is 0 Å². The Kier molecular flexibility index (Phi) is 6.86. The molecule has 5 nitrogen and oxygen atoms in total. The zero-order valence-electron chi connectivity index (χ0n) is 23.2. The molecule has 2 N–H and O–H groups in total. The molecule has 0 spiro atoms. The van der Waals surface area contributed by atoms with E-state index in [0.29, 0.717) is 10.0 Å². The number of anilines is 2. The number of para-hydroxylation sites is 2. The molecule has 7 heteroatoms. The molecule has 3 aliphatic rings. The maximum absolute atomic E-state index is 6.46. The maximum atomic E-state index is 6.46. The number of hydrogen-bond donors (Lipinski definition) is 2. The molecule has 3 aromatic rings. The van der Waals surface area contributed by atoms with Crippen molar-refractivity contribution >= 4 is 45.6 Å². The van der Waals surface area contributed by atoms with Crippen LogP contribution in [0.2, 0.25) is 10.0 Å². The topological polar surface area (TPSA) is 54.2 Å². The van der Waals surface area contributed by atoms with Crippen molar-refractivity contribution in [1.29, 1.82) is 0 Å². The lowest BCUT2D eigenvalue weighted by molar-refractivity contribution is 0.163. The molecular weight excluding hydrogens is 537 g/mol. The van der Waals surface area contributed by atoms with E-state index in [2.05, 4.69) is 67.2 Å². The minimum Gasteiger partial charge on any atom is -0.354 e. The van der Waals surface area contributed by atoms with Crippen molar-refractivity contribution in [2.24, 2.45) is 4.99 Å². The van der Waals surface area contributed by atoms with Gasteiger partial charge in [0.15, 0.2) is 0 Å². The summed E-state index contributed by atoms with van der Waals surface area (Å²) in [4.78, 5) is 10.5. The Labute approximate surface area is 245 Å². The minimum absolute atomic E-state index is 0.0221. The first kappa shape index (κ1) is 26.8. The molecule has 3 aromatic carbocycles. The highest BCUT2D eigenvalue weighted by Gasteiger charge is 2.37. The predicted molar refractivity (Wildman–Crippen MR) is 167 cm³/mol. The van der Waals surface area contributed by atoms with Gasteiger partial charge in [-0.2, -0.15) is 0 Å². The quantitative estimate of drug-likeness (QED) is 0.214. The summed E-state index contributed by atoms with van der Waals surface area (Å²) in [5.74, 6) is 0. The Hall–Kier alpha value is -3.38. The largest absolute Gasteiger partial charge is 0.354 e. The van der Waals surface area contributed by atoms with Crippen LogP contribution in [0.4, 0.5) is 11.4 Å². The molecule has 2 heterocycles. The SMILES string of the molecule is CC1(C)CC(N=c2cc3n(-c4cccc(Cl)c4)c4ccccc4nc-3cc2Nc2cccc(Cl)c2)CC(C)(C)N1. The summed E-state index contributed by atoms with van der Waals surface area (Å²) in [7, 11) is 0. The molecular formula is C33H33Cl2N5. The Bertz CT molecular complexity index is 1740. The van der Waals surface area contributed by atoms with E-state index in [0.717, 1.165) is 57.7 Å².